The molecule has 0 saturated heterocycles. The molecule has 0 spiro atoms. The topological polar surface area (TPSA) is 76.0 Å². The molecule has 7 heteroatoms. The van der Waals surface area contributed by atoms with Crippen LogP contribution in [0.4, 0.5) is 0 Å². The third kappa shape index (κ3) is 6.01. The van der Waals surface area contributed by atoms with Crippen LogP contribution in [0.15, 0.2) is 18.2 Å². The van der Waals surface area contributed by atoms with E-state index in [2.05, 4.69) is 33.9 Å². The van der Waals surface area contributed by atoms with Gasteiger partial charge in [0.25, 0.3) is 0 Å². The molecule has 0 aliphatic rings. The van der Waals surface area contributed by atoms with Crippen LogP contribution in [0.5, 0.6) is 5.75 Å². The lowest BCUT2D eigenvalue weighted by molar-refractivity contribution is 0.0954. The number of rotatable bonds is 7. The quantitative estimate of drug-likeness (QED) is 0.554. The summed E-state index contributed by atoms with van der Waals surface area (Å²) in [6, 6.07) is 5.10. The molecular weight excluding hydrogens is 343 g/mol. The molecule has 0 saturated carbocycles. The van der Waals surface area contributed by atoms with Gasteiger partial charge in [0.15, 0.2) is 8.32 Å². The number of hydrogen-bond acceptors (Lipinski definition) is 5. The first-order valence-corrected chi connectivity index (χ1v) is 13.5. The number of aliphatic hydroxyl groups is 2. The van der Waals surface area contributed by atoms with Gasteiger partial charge >= 0.3 is 0 Å². The Morgan fingerprint density at radius 1 is 1.25 bits per heavy atom. The predicted molar refractivity (Wildman–Crippen MR) is 101 cm³/mol. The summed E-state index contributed by atoms with van der Waals surface area (Å²) in [6.45, 7) is 13.9. The van der Waals surface area contributed by atoms with E-state index >= 15 is 0 Å². The molecule has 138 valence electrons. The second kappa shape index (κ2) is 7.71. The van der Waals surface area contributed by atoms with Crippen molar-refractivity contribution in [3.05, 3.63) is 29.3 Å². The molecule has 1 aromatic rings. The van der Waals surface area contributed by atoms with Gasteiger partial charge in [-0.3, -0.25) is 4.57 Å². The van der Waals surface area contributed by atoms with Gasteiger partial charge in [-0.05, 0) is 35.8 Å². The summed E-state index contributed by atoms with van der Waals surface area (Å²) in [7, 11) is -4.67. The summed E-state index contributed by atoms with van der Waals surface area (Å²) in [5, 5.41) is 19.1. The maximum atomic E-state index is 12.0. The number of aliphatic hydroxyl groups excluding tert-OH is 2. The minimum atomic E-state index is -2.71. The summed E-state index contributed by atoms with van der Waals surface area (Å²) in [4.78, 5) is 0. The molecule has 2 N–H and O–H groups in total. The van der Waals surface area contributed by atoms with Crippen molar-refractivity contribution in [1.29, 1.82) is 0 Å². The van der Waals surface area contributed by atoms with Gasteiger partial charge in [-0.15, -0.1) is 0 Å². The van der Waals surface area contributed by atoms with Crippen LogP contribution in [-0.4, -0.2) is 38.5 Å². The molecule has 0 aromatic heterocycles. The summed E-state index contributed by atoms with van der Waals surface area (Å²) >= 11 is 0. The van der Waals surface area contributed by atoms with E-state index in [0.717, 1.165) is 5.56 Å². The summed E-state index contributed by atoms with van der Waals surface area (Å²) in [5.41, 5.74) is 1.31. The molecular formula is C17H31O5PSi. The molecule has 0 aliphatic heterocycles. The van der Waals surface area contributed by atoms with E-state index in [4.69, 9.17) is 14.1 Å². The summed E-state index contributed by atoms with van der Waals surface area (Å²) in [5.74, 6) is 0.496. The molecule has 24 heavy (non-hydrogen) atoms. The highest BCUT2D eigenvalue weighted by molar-refractivity contribution is 7.57. The van der Waals surface area contributed by atoms with Gasteiger partial charge in [0.1, 0.15) is 11.9 Å². The Bertz CT molecular complexity index is 603. The van der Waals surface area contributed by atoms with Crippen molar-refractivity contribution in [2.24, 2.45) is 0 Å². The minimum absolute atomic E-state index is 0.0705. The predicted octanol–water partition coefficient (Wildman–Crippen LogP) is 4.15. The zero-order valence-electron chi connectivity index (χ0n) is 15.8. The van der Waals surface area contributed by atoms with E-state index in [-0.39, 0.29) is 11.6 Å². The average molecular weight is 374 g/mol. The first-order valence-electron chi connectivity index (χ1n) is 8.07. The second-order valence-corrected chi connectivity index (χ2v) is 15.5. The SMILES string of the molecule is CC(C)(C)[Si](C)(C)OCc1cc([C@@H](O)CO)ccc1OP(C)(C)=O. The van der Waals surface area contributed by atoms with Crippen molar-refractivity contribution < 1.29 is 23.7 Å². The van der Waals surface area contributed by atoms with E-state index < -0.39 is 21.8 Å². The molecule has 0 fully saturated rings. The maximum Gasteiger partial charge on any atom is 0.242 e. The first kappa shape index (κ1) is 21.4. The second-order valence-electron chi connectivity index (χ2n) is 7.96. The molecule has 0 radical (unpaired) electrons. The largest absolute Gasteiger partial charge is 0.443 e. The number of hydrogen-bond donors (Lipinski definition) is 2. The molecule has 0 heterocycles. The molecule has 1 aromatic carbocycles. The van der Waals surface area contributed by atoms with Crippen LogP contribution in [0.2, 0.25) is 18.1 Å². The van der Waals surface area contributed by atoms with Crippen molar-refractivity contribution in [2.75, 3.05) is 19.9 Å². The fourth-order valence-corrected chi connectivity index (χ4v) is 3.43. The standard InChI is InChI=1S/C17H31O5PSi/c1-17(2,3)24(6,7)21-12-14-10-13(15(19)11-18)8-9-16(14)22-23(4,5)20/h8-10,15,18-19H,11-12H2,1-7H3/t15-/m0/s1. The zero-order valence-corrected chi connectivity index (χ0v) is 17.7. The minimum Gasteiger partial charge on any atom is -0.443 e. The third-order valence-electron chi connectivity index (χ3n) is 4.36. The lowest BCUT2D eigenvalue weighted by atomic mass is 10.1. The Labute approximate surface area is 146 Å². The molecule has 0 amide bonds. The van der Waals surface area contributed by atoms with Crippen LogP contribution < -0.4 is 4.52 Å². The zero-order chi connectivity index (χ0) is 18.8. The normalized spacial score (nSPS) is 14.5. The fourth-order valence-electron chi connectivity index (χ4n) is 1.83. The van der Waals surface area contributed by atoms with E-state index in [0.29, 0.717) is 17.9 Å². The van der Waals surface area contributed by atoms with E-state index in [9.17, 15) is 9.67 Å². The highest BCUT2D eigenvalue weighted by Gasteiger charge is 2.37. The maximum absolute atomic E-state index is 12.0. The van der Waals surface area contributed by atoms with Crippen LogP contribution in [0, 0.1) is 0 Å². The third-order valence-corrected chi connectivity index (χ3v) is 9.47. The molecule has 1 rings (SSSR count). The smallest absolute Gasteiger partial charge is 0.242 e. The van der Waals surface area contributed by atoms with Crippen LogP contribution >= 0.6 is 7.37 Å². The lowest BCUT2D eigenvalue weighted by Crippen LogP contribution is -2.40. The molecule has 5 nitrogen and oxygen atoms in total. The monoisotopic (exact) mass is 374 g/mol. The summed E-state index contributed by atoms with van der Waals surface area (Å²) < 4.78 is 23.9. The molecule has 1 atom stereocenters. The Hall–Kier alpha value is -0.653. The van der Waals surface area contributed by atoms with Gasteiger partial charge in [0.05, 0.1) is 13.2 Å². The Morgan fingerprint density at radius 3 is 2.29 bits per heavy atom. The highest BCUT2D eigenvalue weighted by atomic mass is 31.2. The van der Waals surface area contributed by atoms with Crippen molar-refractivity contribution in [3.63, 3.8) is 0 Å². The van der Waals surface area contributed by atoms with Gasteiger partial charge in [0.2, 0.25) is 7.37 Å². The van der Waals surface area contributed by atoms with Gasteiger partial charge < -0.3 is 19.2 Å². The average Bonchev–Trinajstić information content (AvgIpc) is 2.42. The molecule has 0 aliphatic carbocycles. The molecule has 0 unspecified atom stereocenters. The van der Waals surface area contributed by atoms with Gasteiger partial charge in [0, 0.05) is 18.9 Å². The Morgan fingerprint density at radius 2 is 1.83 bits per heavy atom. The van der Waals surface area contributed by atoms with Crippen LogP contribution in [0.25, 0.3) is 0 Å². The lowest BCUT2D eigenvalue weighted by Gasteiger charge is -2.36. The van der Waals surface area contributed by atoms with E-state index in [1.165, 1.54) is 0 Å². The van der Waals surface area contributed by atoms with Gasteiger partial charge in [-0.1, -0.05) is 26.8 Å². The van der Waals surface area contributed by atoms with Crippen molar-refractivity contribution in [3.8, 4) is 5.75 Å². The first-order chi connectivity index (χ1) is 10.8. The van der Waals surface area contributed by atoms with Gasteiger partial charge in [-0.2, -0.15) is 0 Å². The van der Waals surface area contributed by atoms with Crippen LogP contribution in [-0.2, 0) is 15.6 Å². The van der Waals surface area contributed by atoms with Crippen molar-refractivity contribution in [1.82, 2.24) is 0 Å². The molecule has 0 bridgehead atoms. The van der Waals surface area contributed by atoms with Crippen LogP contribution in [0.1, 0.15) is 38.0 Å². The highest BCUT2D eigenvalue weighted by Crippen LogP contribution is 2.42. The van der Waals surface area contributed by atoms with Gasteiger partial charge in [-0.25, -0.2) is 0 Å². The fraction of sp³-hybridized carbons (Fsp3) is 0.647. The number of benzene rings is 1. The van der Waals surface area contributed by atoms with E-state index in [1.807, 2.05) is 0 Å². The summed E-state index contributed by atoms with van der Waals surface area (Å²) in [6.07, 6.45) is -0.958. The Kier molecular flexibility index (Phi) is 6.87. The van der Waals surface area contributed by atoms with Crippen molar-refractivity contribution in [2.45, 2.75) is 51.6 Å². The van der Waals surface area contributed by atoms with Crippen molar-refractivity contribution >= 4 is 15.7 Å². The Balaban J connectivity index is 3.14. The van der Waals surface area contributed by atoms with Crippen LogP contribution in [0.3, 0.4) is 0 Å². The van der Waals surface area contributed by atoms with E-state index in [1.54, 1.807) is 31.5 Å².